The molecule has 7 heteroatoms. The van der Waals surface area contributed by atoms with Gasteiger partial charge in [0, 0.05) is 16.1 Å². The first-order valence-corrected chi connectivity index (χ1v) is 10.2. The normalized spacial score (nSPS) is 12.8. The summed E-state index contributed by atoms with van der Waals surface area (Å²) in [6.07, 6.45) is 0. The van der Waals surface area contributed by atoms with Crippen LogP contribution in [0.1, 0.15) is 42.7 Å². The molecule has 0 saturated heterocycles. The van der Waals surface area contributed by atoms with E-state index in [4.69, 9.17) is 0 Å². The van der Waals surface area contributed by atoms with Gasteiger partial charge in [0.05, 0.1) is 10.9 Å². The van der Waals surface area contributed by atoms with Crippen LogP contribution >= 0.6 is 15.9 Å². The first-order valence-electron chi connectivity index (χ1n) is 7.88. The average Bonchev–Trinajstić information content (AvgIpc) is 2.53. The van der Waals surface area contributed by atoms with E-state index < -0.39 is 10.0 Å². The topological polar surface area (TPSA) is 75.3 Å². The van der Waals surface area contributed by atoms with Gasteiger partial charge in [-0.15, -0.1) is 0 Å². The van der Waals surface area contributed by atoms with Crippen LogP contribution in [0, 0.1) is 0 Å². The van der Waals surface area contributed by atoms with Crippen molar-refractivity contribution in [2.75, 3.05) is 0 Å². The monoisotopic (exact) mass is 424 g/mol. The van der Waals surface area contributed by atoms with E-state index in [1.54, 1.807) is 13.8 Å². The molecule has 0 bridgehead atoms. The van der Waals surface area contributed by atoms with Crippen LogP contribution in [0.25, 0.3) is 0 Å². The maximum atomic E-state index is 12.4. The van der Waals surface area contributed by atoms with Crippen LogP contribution in [-0.4, -0.2) is 20.4 Å². The third-order valence-corrected chi connectivity index (χ3v) is 5.68. The van der Waals surface area contributed by atoms with E-state index in [2.05, 4.69) is 26.0 Å². The van der Waals surface area contributed by atoms with Gasteiger partial charge in [0.1, 0.15) is 0 Å². The van der Waals surface area contributed by atoms with Crippen molar-refractivity contribution in [2.24, 2.45) is 0 Å². The van der Waals surface area contributed by atoms with E-state index in [9.17, 15) is 13.2 Å². The number of hydrogen-bond donors (Lipinski definition) is 2. The van der Waals surface area contributed by atoms with Crippen molar-refractivity contribution in [1.29, 1.82) is 0 Å². The Balaban J connectivity index is 2.10. The molecule has 2 N–H and O–H groups in total. The first-order chi connectivity index (χ1) is 11.7. The Labute approximate surface area is 157 Å². The summed E-state index contributed by atoms with van der Waals surface area (Å²) in [5.74, 6) is -0.256. The molecule has 25 heavy (non-hydrogen) atoms. The average molecular weight is 425 g/mol. The van der Waals surface area contributed by atoms with Crippen molar-refractivity contribution < 1.29 is 13.2 Å². The molecule has 0 aliphatic rings. The van der Waals surface area contributed by atoms with Crippen LogP contribution in [0.4, 0.5) is 0 Å². The van der Waals surface area contributed by atoms with Gasteiger partial charge in [0.25, 0.3) is 5.91 Å². The summed E-state index contributed by atoms with van der Waals surface area (Å²) in [5.41, 5.74) is 1.38. The lowest BCUT2D eigenvalue weighted by Crippen LogP contribution is -2.30. The zero-order valence-corrected chi connectivity index (χ0v) is 16.7. The second-order valence-corrected chi connectivity index (χ2v) is 8.68. The minimum atomic E-state index is -3.56. The van der Waals surface area contributed by atoms with Crippen LogP contribution in [0.3, 0.4) is 0 Å². The molecule has 2 aromatic carbocycles. The fourth-order valence-corrected chi connectivity index (χ4v) is 3.97. The fourth-order valence-electron chi connectivity index (χ4n) is 2.30. The summed E-state index contributed by atoms with van der Waals surface area (Å²) < 4.78 is 27.7. The van der Waals surface area contributed by atoms with Gasteiger partial charge in [0.2, 0.25) is 10.0 Å². The Kier molecular flexibility index (Phi) is 6.37. The van der Waals surface area contributed by atoms with Crippen molar-refractivity contribution in [2.45, 2.75) is 37.8 Å². The zero-order chi connectivity index (χ0) is 18.6. The lowest BCUT2D eigenvalue weighted by molar-refractivity contribution is 0.0939. The molecule has 1 unspecified atom stereocenters. The standard InChI is InChI=1S/C18H21BrN2O3S/c1-12(2)21-25(23,24)17-9-7-14(8-10-17)18(22)20-13(3)15-5-4-6-16(19)11-15/h4-13,21H,1-3H3,(H,20,22). The number of benzene rings is 2. The van der Waals surface area contributed by atoms with Crippen molar-refractivity contribution in [3.8, 4) is 0 Å². The number of sulfonamides is 1. The Bertz CT molecular complexity index is 849. The molecular weight excluding hydrogens is 404 g/mol. The number of rotatable bonds is 6. The van der Waals surface area contributed by atoms with Gasteiger partial charge in [-0.2, -0.15) is 0 Å². The van der Waals surface area contributed by atoms with E-state index in [0.717, 1.165) is 10.0 Å². The summed E-state index contributed by atoms with van der Waals surface area (Å²) in [6, 6.07) is 13.2. The summed E-state index contributed by atoms with van der Waals surface area (Å²) >= 11 is 3.41. The second-order valence-electron chi connectivity index (χ2n) is 6.05. The van der Waals surface area contributed by atoms with Crippen molar-refractivity contribution in [1.82, 2.24) is 10.0 Å². The van der Waals surface area contributed by atoms with Gasteiger partial charge >= 0.3 is 0 Å². The molecule has 1 amide bonds. The molecule has 2 aromatic rings. The quantitative estimate of drug-likeness (QED) is 0.742. The second kappa shape index (κ2) is 8.12. The van der Waals surface area contributed by atoms with Crippen molar-refractivity contribution in [3.63, 3.8) is 0 Å². The summed E-state index contributed by atoms with van der Waals surface area (Å²) in [4.78, 5) is 12.5. The molecule has 0 spiro atoms. The summed E-state index contributed by atoms with van der Waals surface area (Å²) in [7, 11) is -3.56. The molecule has 134 valence electrons. The highest BCUT2D eigenvalue weighted by atomic mass is 79.9. The van der Waals surface area contributed by atoms with Gasteiger partial charge in [0.15, 0.2) is 0 Å². The fraction of sp³-hybridized carbons (Fsp3) is 0.278. The lowest BCUT2D eigenvalue weighted by atomic mass is 10.1. The lowest BCUT2D eigenvalue weighted by Gasteiger charge is -2.15. The maximum absolute atomic E-state index is 12.4. The first kappa shape index (κ1) is 19.6. The Morgan fingerprint density at radius 2 is 1.68 bits per heavy atom. The number of nitrogens with one attached hydrogen (secondary N) is 2. The molecule has 2 rings (SSSR count). The number of carbonyl (C=O) groups is 1. The number of hydrogen-bond acceptors (Lipinski definition) is 3. The molecule has 0 saturated carbocycles. The predicted molar refractivity (Wildman–Crippen MR) is 102 cm³/mol. The van der Waals surface area contributed by atoms with Crippen molar-refractivity contribution in [3.05, 3.63) is 64.1 Å². The molecule has 0 aliphatic heterocycles. The SMILES string of the molecule is CC(C)NS(=O)(=O)c1ccc(C(=O)NC(C)c2cccc(Br)c2)cc1. The van der Waals surface area contributed by atoms with Gasteiger partial charge < -0.3 is 5.32 Å². The molecule has 0 fully saturated rings. The van der Waals surface area contributed by atoms with Gasteiger partial charge in [-0.3, -0.25) is 4.79 Å². The van der Waals surface area contributed by atoms with Gasteiger partial charge in [-0.1, -0.05) is 28.1 Å². The van der Waals surface area contributed by atoms with Crippen LogP contribution < -0.4 is 10.0 Å². The summed E-state index contributed by atoms with van der Waals surface area (Å²) in [6.45, 7) is 5.40. The predicted octanol–water partition coefficient (Wildman–Crippen LogP) is 3.63. The van der Waals surface area contributed by atoms with Gasteiger partial charge in [-0.05, 0) is 62.7 Å². The highest BCUT2D eigenvalue weighted by Crippen LogP contribution is 2.18. The minimum absolute atomic E-state index is 0.137. The molecule has 0 heterocycles. The molecule has 0 aromatic heterocycles. The van der Waals surface area contributed by atoms with Crippen molar-refractivity contribution >= 4 is 31.9 Å². The van der Waals surface area contributed by atoms with Crippen LogP contribution in [0.15, 0.2) is 57.9 Å². The van der Waals surface area contributed by atoms with E-state index in [-0.39, 0.29) is 22.9 Å². The third-order valence-electron chi connectivity index (χ3n) is 3.51. The minimum Gasteiger partial charge on any atom is -0.346 e. The maximum Gasteiger partial charge on any atom is 0.251 e. The Morgan fingerprint density at radius 3 is 2.24 bits per heavy atom. The molecule has 5 nitrogen and oxygen atoms in total. The highest BCUT2D eigenvalue weighted by molar-refractivity contribution is 9.10. The van der Waals surface area contributed by atoms with E-state index >= 15 is 0 Å². The molecule has 0 radical (unpaired) electrons. The highest BCUT2D eigenvalue weighted by Gasteiger charge is 2.17. The Hall–Kier alpha value is -1.70. The van der Waals surface area contributed by atoms with E-state index in [1.807, 2.05) is 31.2 Å². The molecule has 0 aliphatic carbocycles. The smallest absolute Gasteiger partial charge is 0.251 e. The summed E-state index contributed by atoms with van der Waals surface area (Å²) in [5, 5.41) is 2.91. The largest absolute Gasteiger partial charge is 0.346 e. The third kappa shape index (κ3) is 5.39. The zero-order valence-electron chi connectivity index (χ0n) is 14.3. The number of halogens is 1. The van der Waals surface area contributed by atoms with E-state index in [0.29, 0.717) is 5.56 Å². The number of amides is 1. The van der Waals surface area contributed by atoms with Gasteiger partial charge in [-0.25, -0.2) is 13.1 Å². The van der Waals surface area contributed by atoms with Crippen LogP contribution in [0.5, 0.6) is 0 Å². The van der Waals surface area contributed by atoms with E-state index in [1.165, 1.54) is 24.3 Å². The molecule has 1 atom stereocenters. The van der Waals surface area contributed by atoms with Crippen LogP contribution in [0.2, 0.25) is 0 Å². The Morgan fingerprint density at radius 1 is 1.04 bits per heavy atom. The van der Waals surface area contributed by atoms with Crippen LogP contribution in [-0.2, 0) is 10.0 Å². The molecular formula is C18H21BrN2O3S. The number of carbonyl (C=O) groups excluding carboxylic acids is 1.